The Bertz CT molecular complexity index is 857. The molecule has 0 spiro atoms. The standard InChI is InChI=1S/C19H22N6/c1-24-9-8-17-16(12-24)19(21-13-20-17)25(2)11-15-10-18(23-22-15)14-6-4-3-5-7-14/h3-7,10,13H,8-9,11-12H2,1-2H3,(H,22,23). The van der Waals surface area contributed by atoms with Crippen molar-refractivity contribution in [3.05, 3.63) is 59.7 Å². The lowest BCUT2D eigenvalue weighted by Gasteiger charge is -2.28. The van der Waals surface area contributed by atoms with E-state index in [0.29, 0.717) is 0 Å². The van der Waals surface area contributed by atoms with Crippen LogP contribution in [0.4, 0.5) is 5.82 Å². The second-order valence-electron chi connectivity index (χ2n) is 6.61. The summed E-state index contributed by atoms with van der Waals surface area (Å²) >= 11 is 0. The molecular formula is C19H22N6. The van der Waals surface area contributed by atoms with E-state index in [0.717, 1.165) is 48.8 Å². The third-order valence-electron chi connectivity index (χ3n) is 4.64. The van der Waals surface area contributed by atoms with Crippen LogP contribution in [0.3, 0.4) is 0 Å². The number of anilines is 1. The third kappa shape index (κ3) is 3.25. The van der Waals surface area contributed by atoms with Gasteiger partial charge in [-0.15, -0.1) is 0 Å². The molecule has 6 nitrogen and oxygen atoms in total. The van der Waals surface area contributed by atoms with Crippen molar-refractivity contribution >= 4 is 5.82 Å². The number of aromatic amines is 1. The summed E-state index contributed by atoms with van der Waals surface area (Å²) in [6.45, 7) is 2.68. The van der Waals surface area contributed by atoms with Crippen molar-refractivity contribution in [2.24, 2.45) is 0 Å². The highest BCUT2D eigenvalue weighted by Crippen LogP contribution is 2.25. The van der Waals surface area contributed by atoms with E-state index >= 15 is 0 Å². The van der Waals surface area contributed by atoms with E-state index < -0.39 is 0 Å². The van der Waals surface area contributed by atoms with Crippen LogP contribution in [0.2, 0.25) is 0 Å². The lowest BCUT2D eigenvalue weighted by atomic mass is 10.1. The molecule has 128 valence electrons. The molecule has 0 atom stereocenters. The highest BCUT2D eigenvalue weighted by atomic mass is 15.2. The molecule has 3 aromatic rings. The number of aromatic nitrogens is 4. The predicted octanol–water partition coefficient (Wildman–Crippen LogP) is 2.49. The van der Waals surface area contributed by atoms with Gasteiger partial charge < -0.3 is 9.80 Å². The Labute approximate surface area is 147 Å². The maximum absolute atomic E-state index is 4.54. The average molecular weight is 334 g/mol. The molecule has 0 fully saturated rings. The zero-order chi connectivity index (χ0) is 17.2. The number of hydrogen-bond donors (Lipinski definition) is 1. The average Bonchev–Trinajstić information content (AvgIpc) is 3.10. The SMILES string of the molecule is CN1CCc2ncnc(N(C)Cc3cc(-c4ccccc4)n[nH]3)c2C1. The van der Waals surface area contributed by atoms with Crippen molar-refractivity contribution in [2.45, 2.75) is 19.5 Å². The van der Waals surface area contributed by atoms with E-state index in [1.807, 2.05) is 18.2 Å². The summed E-state index contributed by atoms with van der Waals surface area (Å²) in [4.78, 5) is 13.5. The number of nitrogens with one attached hydrogen (secondary N) is 1. The van der Waals surface area contributed by atoms with Gasteiger partial charge in [0, 0.05) is 37.7 Å². The molecule has 0 saturated carbocycles. The van der Waals surface area contributed by atoms with Gasteiger partial charge in [-0.2, -0.15) is 5.10 Å². The monoisotopic (exact) mass is 334 g/mol. The van der Waals surface area contributed by atoms with Gasteiger partial charge in [-0.05, 0) is 13.1 Å². The topological polar surface area (TPSA) is 60.9 Å². The Morgan fingerprint density at radius 2 is 2.04 bits per heavy atom. The van der Waals surface area contributed by atoms with E-state index in [4.69, 9.17) is 0 Å². The first-order valence-corrected chi connectivity index (χ1v) is 8.53. The molecule has 1 N–H and O–H groups in total. The summed E-state index contributed by atoms with van der Waals surface area (Å²) in [5.74, 6) is 1.01. The summed E-state index contributed by atoms with van der Waals surface area (Å²) in [5, 5.41) is 7.59. The van der Waals surface area contributed by atoms with Gasteiger partial charge >= 0.3 is 0 Å². The molecule has 3 heterocycles. The Morgan fingerprint density at radius 3 is 2.88 bits per heavy atom. The van der Waals surface area contributed by atoms with Gasteiger partial charge in [0.1, 0.15) is 12.1 Å². The number of rotatable bonds is 4. The number of hydrogen-bond acceptors (Lipinski definition) is 5. The van der Waals surface area contributed by atoms with E-state index in [9.17, 15) is 0 Å². The summed E-state index contributed by atoms with van der Waals surface area (Å²) in [6.07, 6.45) is 2.66. The Morgan fingerprint density at radius 1 is 1.20 bits per heavy atom. The highest BCUT2D eigenvalue weighted by molar-refractivity contribution is 5.59. The molecule has 0 unspecified atom stereocenters. The fourth-order valence-corrected chi connectivity index (χ4v) is 3.32. The number of benzene rings is 1. The molecule has 2 aromatic heterocycles. The predicted molar refractivity (Wildman–Crippen MR) is 98.2 cm³/mol. The van der Waals surface area contributed by atoms with Crippen LogP contribution in [0.5, 0.6) is 0 Å². The summed E-state index contributed by atoms with van der Waals surface area (Å²) < 4.78 is 0. The molecule has 0 saturated heterocycles. The molecule has 6 heteroatoms. The molecule has 0 bridgehead atoms. The number of likely N-dealkylation sites (N-methyl/N-ethyl adjacent to an activating group) is 1. The van der Waals surface area contributed by atoms with E-state index in [2.05, 4.69) is 62.3 Å². The Kier molecular flexibility index (Phi) is 4.19. The second-order valence-corrected chi connectivity index (χ2v) is 6.61. The number of fused-ring (bicyclic) bond motifs is 1. The summed E-state index contributed by atoms with van der Waals surface area (Å²) in [6, 6.07) is 12.3. The van der Waals surface area contributed by atoms with E-state index in [-0.39, 0.29) is 0 Å². The lowest BCUT2D eigenvalue weighted by Crippen LogP contribution is -2.30. The maximum Gasteiger partial charge on any atom is 0.136 e. The van der Waals surface area contributed by atoms with Gasteiger partial charge in [-0.3, -0.25) is 5.10 Å². The normalized spacial score (nSPS) is 14.3. The largest absolute Gasteiger partial charge is 0.353 e. The van der Waals surface area contributed by atoms with Crippen molar-refractivity contribution in [1.29, 1.82) is 0 Å². The molecule has 4 rings (SSSR count). The first-order valence-electron chi connectivity index (χ1n) is 8.53. The highest BCUT2D eigenvalue weighted by Gasteiger charge is 2.21. The quantitative estimate of drug-likeness (QED) is 0.794. The van der Waals surface area contributed by atoms with Gasteiger partial charge in [0.25, 0.3) is 0 Å². The Balaban J connectivity index is 1.55. The fourth-order valence-electron chi connectivity index (χ4n) is 3.32. The van der Waals surface area contributed by atoms with E-state index in [1.165, 1.54) is 11.3 Å². The van der Waals surface area contributed by atoms with E-state index in [1.54, 1.807) is 6.33 Å². The fraction of sp³-hybridized carbons (Fsp3) is 0.316. The molecule has 0 radical (unpaired) electrons. The van der Waals surface area contributed by atoms with Crippen molar-refractivity contribution in [3.8, 4) is 11.3 Å². The summed E-state index contributed by atoms with van der Waals surface area (Å²) in [5.41, 5.74) is 5.56. The van der Waals surface area contributed by atoms with Crippen LogP contribution in [0.15, 0.2) is 42.7 Å². The van der Waals surface area contributed by atoms with Crippen molar-refractivity contribution in [1.82, 2.24) is 25.1 Å². The van der Waals surface area contributed by atoms with Crippen LogP contribution >= 0.6 is 0 Å². The number of nitrogens with zero attached hydrogens (tertiary/aromatic N) is 5. The van der Waals surface area contributed by atoms with Crippen LogP contribution in [0.1, 0.15) is 17.0 Å². The Hall–Kier alpha value is -2.73. The minimum atomic E-state index is 0.729. The molecule has 25 heavy (non-hydrogen) atoms. The van der Waals surface area contributed by atoms with Crippen molar-refractivity contribution in [2.75, 3.05) is 25.5 Å². The number of H-pyrrole nitrogens is 1. The zero-order valence-corrected chi connectivity index (χ0v) is 14.6. The first-order chi connectivity index (χ1) is 12.2. The van der Waals surface area contributed by atoms with Gasteiger partial charge in [-0.1, -0.05) is 30.3 Å². The van der Waals surface area contributed by atoms with Crippen LogP contribution in [0.25, 0.3) is 11.3 Å². The second kappa shape index (κ2) is 6.64. The zero-order valence-electron chi connectivity index (χ0n) is 14.6. The minimum Gasteiger partial charge on any atom is -0.353 e. The van der Waals surface area contributed by atoms with Crippen LogP contribution < -0.4 is 4.90 Å². The van der Waals surface area contributed by atoms with Crippen molar-refractivity contribution < 1.29 is 0 Å². The summed E-state index contributed by atoms with van der Waals surface area (Å²) in [7, 11) is 4.21. The van der Waals surface area contributed by atoms with Gasteiger partial charge in [0.2, 0.25) is 0 Å². The van der Waals surface area contributed by atoms with Gasteiger partial charge in [-0.25, -0.2) is 9.97 Å². The smallest absolute Gasteiger partial charge is 0.136 e. The van der Waals surface area contributed by atoms with Crippen LogP contribution in [-0.2, 0) is 19.5 Å². The molecule has 1 aromatic carbocycles. The first kappa shape index (κ1) is 15.8. The molecule has 0 aliphatic carbocycles. The molecular weight excluding hydrogens is 312 g/mol. The lowest BCUT2D eigenvalue weighted by molar-refractivity contribution is 0.309. The maximum atomic E-state index is 4.54. The van der Waals surface area contributed by atoms with Crippen molar-refractivity contribution in [3.63, 3.8) is 0 Å². The molecule has 0 amide bonds. The molecule has 1 aliphatic rings. The van der Waals surface area contributed by atoms with Gasteiger partial charge in [0.05, 0.1) is 23.6 Å². The third-order valence-corrected chi connectivity index (χ3v) is 4.64. The van der Waals surface area contributed by atoms with Crippen LogP contribution in [-0.4, -0.2) is 45.7 Å². The molecule has 1 aliphatic heterocycles. The van der Waals surface area contributed by atoms with Gasteiger partial charge in [0.15, 0.2) is 0 Å². The van der Waals surface area contributed by atoms with Crippen LogP contribution in [0, 0.1) is 0 Å². The minimum absolute atomic E-state index is 0.729.